The van der Waals surface area contributed by atoms with Crippen molar-refractivity contribution in [2.24, 2.45) is 0 Å². The smallest absolute Gasteiger partial charge is 0.208 e. The molecule has 3 aromatic rings. The fraction of sp³-hybridized carbons (Fsp3) is 0.478. The first-order valence-electron chi connectivity index (χ1n) is 11.4. The Morgan fingerprint density at radius 3 is 2.97 bits per heavy atom. The molecule has 1 aliphatic heterocycles. The van der Waals surface area contributed by atoms with E-state index in [0.717, 1.165) is 36.3 Å². The van der Waals surface area contributed by atoms with Gasteiger partial charge in [0.15, 0.2) is 23.2 Å². The van der Waals surface area contributed by atoms with E-state index < -0.39 is 5.79 Å². The van der Waals surface area contributed by atoms with Gasteiger partial charge in [-0.2, -0.15) is 4.37 Å². The predicted molar refractivity (Wildman–Crippen MR) is 130 cm³/mol. The van der Waals surface area contributed by atoms with Crippen LogP contribution in [0.2, 0.25) is 0 Å². The summed E-state index contributed by atoms with van der Waals surface area (Å²) in [5.74, 6) is 2.43. The largest absolute Gasteiger partial charge is 0.452 e. The van der Waals surface area contributed by atoms with E-state index in [1.54, 1.807) is 12.4 Å². The van der Waals surface area contributed by atoms with Gasteiger partial charge in [-0.05, 0) is 38.0 Å². The van der Waals surface area contributed by atoms with Gasteiger partial charge in [-0.25, -0.2) is 9.97 Å². The topological polar surface area (TPSA) is 112 Å². The second kappa shape index (κ2) is 10.5. The number of pyridine rings is 2. The molecule has 1 saturated heterocycles. The summed E-state index contributed by atoms with van der Waals surface area (Å²) in [4.78, 5) is 14.4. The number of anilines is 2. The van der Waals surface area contributed by atoms with Crippen LogP contribution in [0.3, 0.4) is 0 Å². The van der Waals surface area contributed by atoms with Crippen LogP contribution >= 0.6 is 23.3 Å². The summed E-state index contributed by atoms with van der Waals surface area (Å²) in [5.41, 5.74) is 0.773. The molecule has 2 aliphatic rings. The van der Waals surface area contributed by atoms with Crippen molar-refractivity contribution in [1.29, 1.82) is 0 Å². The molecule has 0 amide bonds. The van der Waals surface area contributed by atoms with E-state index in [-0.39, 0.29) is 12.7 Å². The third-order valence-corrected chi connectivity index (χ3v) is 7.38. The molecule has 4 heterocycles. The maximum Gasteiger partial charge on any atom is 0.208 e. The van der Waals surface area contributed by atoms with Crippen molar-refractivity contribution in [2.45, 2.75) is 55.8 Å². The van der Waals surface area contributed by atoms with Crippen molar-refractivity contribution < 1.29 is 19.3 Å². The molecule has 5 rings (SSSR count). The van der Waals surface area contributed by atoms with Gasteiger partial charge in [-0.3, -0.25) is 4.98 Å². The predicted octanol–water partition coefficient (Wildman–Crippen LogP) is 5.01. The third kappa shape index (κ3) is 5.33. The van der Waals surface area contributed by atoms with E-state index in [0.29, 0.717) is 40.6 Å². The summed E-state index contributed by atoms with van der Waals surface area (Å²) in [7, 11) is 0. The number of aliphatic hydroxyl groups is 1. The monoisotopic (exact) mass is 501 g/mol. The van der Waals surface area contributed by atoms with Gasteiger partial charge in [0.2, 0.25) is 5.13 Å². The van der Waals surface area contributed by atoms with E-state index >= 15 is 0 Å². The number of ether oxygens (including phenoxy) is 3. The van der Waals surface area contributed by atoms with E-state index in [1.165, 1.54) is 29.7 Å². The zero-order chi connectivity index (χ0) is 23.4. The molecular formula is C23H27N5O4S2. The molecule has 1 saturated carbocycles. The molecule has 1 spiro atoms. The molecule has 0 bridgehead atoms. The van der Waals surface area contributed by atoms with Crippen LogP contribution in [0.5, 0.6) is 11.5 Å². The van der Waals surface area contributed by atoms with Gasteiger partial charge >= 0.3 is 0 Å². The quantitative estimate of drug-likeness (QED) is 0.409. The van der Waals surface area contributed by atoms with Gasteiger partial charge in [-0.15, -0.1) is 11.8 Å². The molecule has 9 nitrogen and oxygen atoms in total. The highest BCUT2D eigenvalue weighted by Gasteiger charge is 2.44. The number of aliphatic hydroxyl groups excluding tert-OH is 1. The number of rotatable bonds is 8. The van der Waals surface area contributed by atoms with Crippen LogP contribution in [-0.4, -0.2) is 49.2 Å². The number of thioether (sulfide) groups is 1. The van der Waals surface area contributed by atoms with Crippen LogP contribution in [-0.2, 0) is 9.47 Å². The van der Waals surface area contributed by atoms with E-state index in [9.17, 15) is 0 Å². The lowest BCUT2D eigenvalue weighted by Crippen LogP contribution is -2.32. The van der Waals surface area contributed by atoms with Gasteiger partial charge < -0.3 is 24.6 Å². The third-order valence-electron chi connectivity index (χ3n) is 5.79. The Morgan fingerprint density at radius 1 is 1.26 bits per heavy atom. The minimum Gasteiger partial charge on any atom is -0.452 e. The molecule has 2 N–H and O–H groups in total. The Balaban J connectivity index is 1.33. The molecule has 1 aliphatic carbocycles. The first-order chi connectivity index (χ1) is 16.6. The average Bonchev–Trinajstić information content (AvgIpc) is 3.48. The minimum absolute atomic E-state index is 0.0877. The first-order valence-corrected chi connectivity index (χ1v) is 13.2. The molecule has 2 fully saturated rings. The second-order valence-electron chi connectivity index (χ2n) is 8.25. The fourth-order valence-corrected chi connectivity index (χ4v) is 5.35. The average molecular weight is 502 g/mol. The lowest BCUT2D eigenvalue weighted by atomic mass is 9.94. The molecule has 34 heavy (non-hydrogen) atoms. The summed E-state index contributed by atoms with van der Waals surface area (Å²) >= 11 is 2.75. The summed E-state index contributed by atoms with van der Waals surface area (Å²) in [5, 5.41) is 13.0. The zero-order valence-electron chi connectivity index (χ0n) is 18.9. The summed E-state index contributed by atoms with van der Waals surface area (Å²) in [6.07, 6.45) is 8.55. The number of hydrogen-bond acceptors (Lipinski definition) is 11. The Labute approximate surface area is 206 Å². The van der Waals surface area contributed by atoms with E-state index in [2.05, 4.69) is 24.6 Å². The zero-order valence-corrected chi connectivity index (χ0v) is 20.5. The van der Waals surface area contributed by atoms with Crippen molar-refractivity contribution in [3.63, 3.8) is 0 Å². The van der Waals surface area contributed by atoms with Gasteiger partial charge in [0, 0.05) is 47.4 Å². The summed E-state index contributed by atoms with van der Waals surface area (Å²) in [6, 6.07) is 5.58. The molecule has 1 atom stereocenters. The Bertz CT molecular complexity index is 1120. The summed E-state index contributed by atoms with van der Waals surface area (Å²) < 4.78 is 23.0. The molecular weight excluding hydrogens is 474 g/mol. The minimum atomic E-state index is -0.464. The number of aromatic nitrogens is 4. The SMILES string of the molecule is Cc1ncccc1Oc1cc(SCCO)cnc1Nc1nc([C@H]2COC3(CCCCC3)O2)ns1. The molecule has 3 aromatic heterocycles. The van der Waals surface area contributed by atoms with Crippen LogP contribution in [0.1, 0.15) is 49.7 Å². The van der Waals surface area contributed by atoms with Crippen molar-refractivity contribution in [1.82, 2.24) is 19.3 Å². The summed E-state index contributed by atoms with van der Waals surface area (Å²) in [6.45, 7) is 2.45. The lowest BCUT2D eigenvalue weighted by Gasteiger charge is -2.31. The van der Waals surface area contributed by atoms with Gasteiger partial charge in [-0.1, -0.05) is 6.42 Å². The Morgan fingerprint density at radius 2 is 2.15 bits per heavy atom. The highest BCUT2D eigenvalue weighted by atomic mass is 32.2. The molecule has 0 aromatic carbocycles. The number of nitrogens with zero attached hydrogens (tertiary/aromatic N) is 4. The van der Waals surface area contributed by atoms with Crippen molar-refractivity contribution in [3.8, 4) is 11.5 Å². The standard InChI is InChI=1S/C23H27N5O4S2/c1-15-17(6-5-9-24-15)31-18-12-16(33-11-10-29)13-25-20(18)26-22-27-21(28-34-22)19-14-30-23(32-19)7-3-2-4-8-23/h5-6,9,12-13,19,29H,2-4,7-8,10-11,14H2,1H3,(H,25,26,27,28)/t19-/m1/s1. The Hall–Kier alpha value is -2.31. The highest BCUT2D eigenvalue weighted by molar-refractivity contribution is 7.99. The van der Waals surface area contributed by atoms with Crippen molar-refractivity contribution >= 4 is 34.2 Å². The normalized spacial score (nSPS) is 19.4. The molecule has 0 unspecified atom stereocenters. The van der Waals surface area contributed by atoms with Gasteiger partial charge in [0.25, 0.3) is 0 Å². The molecule has 11 heteroatoms. The Kier molecular flexibility index (Phi) is 7.26. The van der Waals surface area contributed by atoms with E-state index in [1.807, 2.05) is 25.1 Å². The number of aryl methyl sites for hydroxylation is 1. The van der Waals surface area contributed by atoms with Crippen molar-refractivity contribution in [2.75, 3.05) is 24.3 Å². The van der Waals surface area contributed by atoms with Crippen LogP contribution in [0, 0.1) is 6.92 Å². The van der Waals surface area contributed by atoms with Gasteiger partial charge in [0.05, 0.1) is 18.9 Å². The van der Waals surface area contributed by atoms with Crippen LogP contribution in [0.4, 0.5) is 10.9 Å². The molecule has 180 valence electrons. The van der Waals surface area contributed by atoms with Crippen molar-refractivity contribution in [3.05, 3.63) is 42.1 Å². The van der Waals surface area contributed by atoms with E-state index in [4.69, 9.17) is 19.3 Å². The lowest BCUT2D eigenvalue weighted by molar-refractivity contribution is -0.188. The number of hydrogen-bond donors (Lipinski definition) is 2. The van der Waals surface area contributed by atoms with Crippen LogP contribution in [0.25, 0.3) is 0 Å². The first kappa shape index (κ1) is 23.4. The van der Waals surface area contributed by atoms with Crippen LogP contribution in [0.15, 0.2) is 35.5 Å². The maximum atomic E-state index is 9.17. The maximum absolute atomic E-state index is 9.17. The molecule has 0 radical (unpaired) electrons. The second-order valence-corrected chi connectivity index (χ2v) is 10.2. The van der Waals surface area contributed by atoms with Gasteiger partial charge in [0.1, 0.15) is 11.9 Å². The highest BCUT2D eigenvalue weighted by Crippen LogP contribution is 2.42. The van der Waals surface area contributed by atoms with Crippen LogP contribution < -0.4 is 10.1 Å². The fourth-order valence-electron chi connectivity index (χ4n) is 4.09. The number of nitrogens with one attached hydrogen (secondary N) is 1.